The zero-order chi connectivity index (χ0) is 14.0. The molecule has 2 unspecified atom stereocenters. The lowest BCUT2D eigenvalue weighted by Gasteiger charge is -2.33. The molecule has 4 nitrogen and oxygen atoms in total. The van der Waals surface area contributed by atoms with E-state index in [0.29, 0.717) is 0 Å². The van der Waals surface area contributed by atoms with Gasteiger partial charge in [0.1, 0.15) is 6.04 Å². The van der Waals surface area contributed by atoms with E-state index in [0.717, 1.165) is 18.5 Å². The Kier molecular flexibility index (Phi) is 3.92. The number of aliphatic hydroxyl groups excluding tert-OH is 1. The van der Waals surface area contributed by atoms with Gasteiger partial charge in [0.25, 0.3) is 0 Å². The number of carbonyl (C=O) groups excluding carboxylic acids is 1. The van der Waals surface area contributed by atoms with Crippen LogP contribution in [-0.4, -0.2) is 29.2 Å². The second-order valence-corrected chi connectivity index (χ2v) is 5.72. The van der Waals surface area contributed by atoms with E-state index < -0.39 is 11.6 Å². The molecule has 4 heteroatoms. The maximum Gasteiger partial charge on any atom is 0.242 e. The van der Waals surface area contributed by atoms with Crippen molar-refractivity contribution in [3.63, 3.8) is 0 Å². The first-order chi connectivity index (χ1) is 8.92. The predicted molar refractivity (Wildman–Crippen MR) is 74.8 cm³/mol. The molecule has 2 atom stereocenters. The summed E-state index contributed by atoms with van der Waals surface area (Å²) in [5, 5.41) is 15.8. The van der Waals surface area contributed by atoms with Crippen LogP contribution in [0.15, 0.2) is 24.3 Å². The molecule has 0 saturated heterocycles. The van der Waals surface area contributed by atoms with Crippen molar-refractivity contribution in [2.45, 2.75) is 44.9 Å². The van der Waals surface area contributed by atoms with Crippen LogP contribution in [0.2, 0.25) is 0 Å². The van der Waals surface area contributed by atoms with Gasteiger partial charge in [-0.1, -0.05) is 24.3 Å². The highest BCUT2D eigenvalue weighted by Gasteiger charge is 2.32. The summed E-state index contributed by atoms with van der Waals surface area (Å²) in [6.07, 6.45) is 0.343. The highest BCUT2D eigenvalue weighted by Crippen LogP contribution is 2.23. The topological polar surface area (TPSA) is 61.4 Å². The van der Waals surface area contributed by atoms with Crippen molar-refractivity contribution >= 4 is 5.91 Å². The lowest BCUT2D eigenvalue weighted by molar-refractivity contribution is -0.126. The molecule has 3 N–H and O–H groups in total. The third kappa shape index (κ3) is 2.96. The summed E-state index contributed by atoms with van der Waals surface area (Å²) in [6.45, 7) is 6.13. The SMILES string of the molecule is CC(O)C(C)(C)NC(=O)C1NCCc2ccccc21. The quantitative estimate of drug-likeness (QED) is 0.766. The van der Waals surface area contributed by atoms with Crippen LogP contribution in [0.25, 0.3) is 0 Å². The number of aliphatic hydroxyl groups is 1. The molecule has 2 rings (SSSR count). The van der Waals surface area contributed by atoms with Crippen LogP contribution in [0.4, 0.5) is 0 Å². The van der Waals surface area contributed by atoms with Gasteiger partial charge in [-0.2, -0.15) is 0 Å². The van der Waals surface area contributed by atoms with Crippen LogP contribution < -0.4 is 10.6 Å². The molecule has 0 radical (unpaired) electrons. The molecule has 0 saturated carbocycles. The number of hydrogen-bond acceptors (Lipinski definition) is 3. The second-order valence-electron chi connectivity index (χ2n) is 5.72. The van der Waals surface area contributed by atoms with Crippen LogP contribution in [0.1, 0.15) is 37.9 Å². The molecule has 1 aliphatic rings. The third-order valence-corrected chi connectivity index (χ3v) is 3.86. The highest BCUT2D eigenvalue weighted by molar-refractivity contribution is 5.84. The van der Waals surface area contributed by atoms with Crippen molar-refractivity contribution in [1.82, 2.24) is 10.6 Å². The zero-order valence-electron chi connectivity index (χ0n) is 11.7. The smallest absolute Gasteiger partial charge is 0.242 e. The Morgan fingerprint density at radius 1 is 1.47 bits per heavy atom. The van der Waals surface area contributed by atoms with Gasteiger partial charge in [-0.15, -0.1) is 0 Å². The average molecular weight is 262 g/mol. The minimum Gasteiger partial charge on any atom is -0.391 e. The van der Waals surface area contributed by atoms with Crippen molar-refractivity contribution in [1.29, 1.82) is 0 Å². The number of rotatable bonds is 3. The number of carbonyl (C=O) groups is 1. The number of fused-ring (bicyclic) bond motifs is 1. The van der Waals surface area contributed by atoms with Crippen LogP contribution >= 0.6 is 0 Å². The lowest BCUT2D eigenvalue weighted by Crippen LogP contribution is -2.54. The van der Waals surface area contributed by atoms with Gasteiger partial charge in [0.2, 0.25) is 5.91 Å². The van der Waals surface area contributed by atoms with Gasteiger partial charge in [0.15, 0.2) is 0 Å². The average Bonchev–Trinajstić information content (AvgIpc) is 2.37. The fourth-order valence-corrected chi connectivity index (χ4v) is 2.23. The first-order valence-electron chi connectivity index (χ1n) is 6.73. The molecule has 0 aromatic heterocycles. The largest absolute Gasteiger partial charge is 0.391 e. The Hall–Kier alpha value is -1.39. The molecule has 0 aliphatic carbocycles. The van der Waals surface area contributed by atoms with E-state index in [9.17, 15) is 9.90 Å². The Balaban J connectivity index is 2.18. The molecule has 1 amide bonds. The molecule has 0 bridgehead atoms. The zero-order valence-corrected chi connectivity index (χ0v) is 11.7. The molecular formula is C15H22N2O2. The highest BCUT2D eigenvalue weighted by atomic mass is 16.3. The molecule has 0 fully saturated rings. The van der Waals surface area contributed by atoms with Gasteiger partial charge in [-0.3, -0.25) is 4.79 Å². The van der Waals surface area contributed by atoms with Gasteiger partial charge in [0.05, 0.1) is 11.6 Å². The summed E-state index contributed by atoms with van der Waals surface area (Å²) in [5.74, 6) is -0.0851. The molecule has 19 heavy (non-hydrogen) atoms. The van der Waals surface area contributed by atoms with E-state index in [-0.39, 0.29) is 11.9 Å². The van der Waals surface area contributed by atoms with E-state index in [4.69, 9.17) is 0 Å². The number of amides is 1. The van der Waals surface area contributed by atoms with Gasteiger partial charge in [-0.05, 0) is 38.3 Å². The summed E-state index contributed by atoms with van der Waals surface area (Å²) in [4.78, 5) is 12.4. The van der Waals surface area contributed by atoms with Gasteiger partial charge in [-0.25, -0.2) is 0 Å². The van der Waals surface area contributed by atoms with Crippen LogP contribution in [0.3, 0.4) is 0 Å². The fourth-order valence-electron chi connectivity index (χ4n) is 2.23. The molecule has 0 spiro atoms. The van der Waals surface area contributed by atoms with Crippen LogP contribution in [-0.2, 0) is 11.2 Å². The van der Waals surface area contributed by atoms with Gasteiger partial charge >= 0.3 is 0 Å². The van der Waals surface area contributed by atoms with E-state index >= 15 is 0 Å². The van der Waals surface area contributed by atoms with Gasteiger partial charge in [0, 0.05) is 6.54 Å². The maximum absolute atomic E-state index is 12.4. The Morgan fingerprint density at radius 2 is 2.16 bits per heavy atom. The van der Waals surface area contributed by atoms with E-state index in [1.165, 1.54) is 5.56 Å². The molecule has 1 aliphatic heterocycles. The molecule has 1 aromatic rings. The van der Waals surface area contributed by atoms with E-state index in [2.05, 4.69) is 16.7 Å². The fraction of sp³-hybridized carbons (Fsp3) is 0.533. The summed E-state index contributed by atoms with van der Waals surface area (Å²) in [5.41, 5.74) is 1.62. The normalized spacial score (nSPS) is 20.5. The lowest BCUT2D eigenvalue weighted by atomic mass is 9.92. The van der Waals surface area contributed by atoms with E-state index in [1.54, 1.807) is 6.92 Å². The molecular weight excluding hydrogens is 240 g/mol. The molecule has 1 aromatic carbocycles. The minimum absolute atomic E-state index is 0.0851. The summed E-state index contributed by atoms with van der Waals surface area (Å²) < 4.78 is 0. The Labute approximate surface area is 114 Å². The first-order valence-corrected chi connectivity index (χ1v) is 6.73. The van der Waals surface area contributed by atoms with Crippen molar-refractivity contribution < 1.29 is 9.90 Å². The number of hydrogen-bond donors (Lipinski definition) is 3. The van der Waals surface area contributed by atoms with Crippen molar-refractivity contribution in [3.8, 4) is 0 Å². The van der Waals surface area contributed by atoms with Crippen LogP contribution in [0.5, 0.6) is 0 Å². The summed E-state index contributed by atoms with van der Waals surface area (Å²) in [7, 11) is 0. The van der Waals surface area contributed by atoms with Crippen molar-refractivity contribution in [2.75, 3.05) is 6.54 Å². The Morgan fingerprint density at radius 3 is 2.84 bits per heavy atom. The number of benzene rings is 1. The predicted octanol–water partition coefficient (Wildman–Crippen LogP) is 1.15. The Bertz CT molecular complexity index is 469. The number of nitrogens with one attached hydrogen (secondary N) is 2. The first kappa shape index (κ1) is 14.0. The molecule has 1 heterocycles. The summed E-state index contributed by atoms with van der Waals surface area (Å²) >= 11 is 0. The second kappa shape index (κ2) is 5.31. The molecule has 104 valence electrons. The van der Waals surface area contributed by atoms with Crippen molar-refractivity contribution in [3.05, 3.63) is 35.4 Å². The van der Waals surface area contributed by atoms with Crippen molar-refractivity contribution in [2.24, 2.45) is 0 Å². The third-order valence-electron chi connectivity index (χ3n) is 3.86. The van der Waals surface area contributed by atoms with E-state index in [1.807, 2.05) is 32.0 Å². The maximum atomic E-state index is 12.4. The minimum atomic E-state index is -0.634. The van der Waals surface area contributed by atoms with Gasteiger partial charge < -0.3 is 15.7 Å². The summed E-state index contributed by atoms with van der Waals surface area (Å²) in [6, 6.07) is 7.67. The standard InChI is InChI=1S/C15H22N2O2/c1-10(18)15(2,3)17-14(19)13-12-7-5-4-6-11(12)8-9-16-13/h4-7,10,13,16,18H,8-9H2,1-3H3,(H,17,19). The monoisotopic (exact) mass is 262 g/mol. The van der Waals surface area contributed by atoms with Crippen LogP contribution in [0, 0.1) is 0 Å².